The Morgan fingerprint density at radius 3 is 2.80 bits per heavy atom. The number of carboxylic acid groups (broad SMARTS) is 1. The minimum absolute atomic E-state index is 0.0541. The molecule has 0 fully saturated rings. The molecule has 0 radical (unpaired) electrons. The van der Waals surface area contributed by atoms with Gasteiger partial charge in [0.25, 0.3) is 5.91 Å². The molecule has 128 valence electrons. The number of hydrogen-bond acceptors (Lipinski definition) is 6. The average molecular weight is 342 g/mol. The molecule has 3 rings (SSSR count). The number of carbonyl (C=O) groups is 2. The molecule has 1 unspecified atom stereocenters. The lowest BCUT2D eigenvalue weighted by atomic mass is 10.1. The van der Waals surface area contributed by atoms with Crippen LogP contribution in [0.1, 0.15) is 21.8 Å². The summed E-state index contributed by atoms with van der Waals surface area (Å²) in [7, 11) is 0. The topological polar surface area (TPSA) is 155 Å². The summed E-state index contributed by atoms with van der Waals surface area (Å²) in [5.41, 5.74) is 6.68. The Kier molecular flexibility index (Phi) is 4.07. The second-order valence-electron chi connectivity index (χ2n) is 5.41. The Labute approximate surface area is 140 Å². The lowest BCUT2D eigenvalue weighted by molar-refractivity contribution is -0.146. The van der Waals surface area contributed by atoms with Gasteiger partial charge in [-0.2, -0.15) is 0 Å². The molecule has 0 bridgehead atoms. The van der Waals surface area contributed by atoms with Crippen LogP contribution in [0.25, 0.3) is 11.0 Å². The molecule has 0 saturated heterocycles. The molecule has 2 aromatic heterocycles. The maximum Gasteiger partial charge on any atom is 0.332 e. The number of fused-ring (bicyclic) bond motifs is 1. The summed E-state index contributed by atoms with van der Waals surface area (Å²) in [6, 6.07) is 6.40. The van der Waals surface area contributed by atoms with Crippen molar-refractivity contribution in [1.29, 1.82) is 5.41 Å². The monoisotopic (exact) mass is 342 g/mol. The van der Waals surface area contributed by atoms with Crippen molar-refractivity contribution in [1.82, 2.24) is 9.55 Å². The molecule has 2 heterocycles. The van der Waals surface area contributed by atoms with E-state index in [1.807, 2.05) is 0 Å². The summed E-state index contributed by atoms with van der Waals surface area (Å²) in [6.45, 7) is 0. The minimum atomic E-state index is -1.59. The number of furan rings is 1. The van der Waals surface area contributed by atoms with Crippen LogP contribution in [-0.4, -0.2) is 43.6 Å². The second kappa shape index (κ2) is 6.21. The molecule has 0 aliphatic rings. The number of aliphatic carboxylic acids is 1. The van der Waals surface area contributed by atoms with E-state index in [2.05, 4.69) is 4.98 Å². The molecule has 25 heavy (non-hydrogen) atoms. The standard InChI is InChI=1S/C16H14N4O5/c17-14(18)8-1-2-12-9(3-8)4-13(25-12)15(22)20-6-10(19-7-20)5-11(21)16(23)24/h1-4,6-7,11,21H,5H2,(H3,17,18)(H,23,24). The number of aromatic nitrogens is 2. The average Bonchev–Trinajstić information content (AvgIpc) is 3.19. The lowest BCUT2D eigenvalue weighted by Crippen LogP contribution is -2.22. The Morgan fingerprint density at radius 1 is 1.36 bits per heavy atom. The molecule has 0 aliphatic carbocycles. The Hall–Kier alpha value is -3.46. The fourth-order valence-electron chi connectivity index (χ4n) is 2.31. The van der Waals surface area contributed by atoms with Gasteiger partial charge in [-0.25, -0.2) is 9.78 Å². The summed E-state index contributed by atoms with van der Waals surface area (Å²) in [5.74, 6) is -1.89. The van der Waals surface area contributed by atoms with Gasteiger partial charge in [-0.15, -0.1) is 0 Å². The quantitative estimate of drug-likeness (QED) is 0.390. The molecule has 0 amide bonds. The van der Waals surface area contributed by atoms with Crippen molar-refractivity contribution in [3.05, 3.63) is 53.8 Å². The summed E-state index contributed by atoms with van der Waals surface area (Å²) in [4.78, 5) is 27.0. The van der Waals surface area contributed by atoms with Crippen molar-refractivity contribution in [3.63, 3.8) is 0 Å². The third-order valence-corrected chi connectivity index (χ3v) is 3.60. The molecule has 5 N–H and O–H groups in total. The number of benzene rings is 1. The van der Waals surface area contributed by atoms with Crippen LogP contribution < -0.4 is 5.73 Å². The summed E-state index contributed by atoms with van der Waals surface area (Å²) in [6.07, 6.45) is 0.760. The van der Waals surface area contributed by atoms with E-state index in [1.54, 1.807) is 18.2 Å². The molecule has 0 saturated carbocycles. The molecule has 1 aromatic carbocycles. The highest BCUT2D eigenvalue weighted by Gasteiger charge is 2.19. The van der Waals surface area contributed by atoms with E-state index in [1.165, 1.54) is 18.6 Å². The first-order valence-corrected chi connectivity index (χ1v) is 7.21. The maximum atomic E-state index is 12.5. The van der Waals surface area contributed by atoms with Gasteiger partial charge in [-0.05, 0) is 24.3 Å². The summed E-state index contributed by atoms with van der Waals surface area (Å²) >= 11 is 0. The first kappa shape index (κ1) is 16.4. The van der Waals surface area contributed by atoms with Gasteiger partial charge in [0.1, 0.15) is 17.7 Å². The number of aliphatic hydroxyl groups is 1. The van der Waals surface area contributed by atoms with Crippen LogP contribution in [0.4, 0.5) is 0 Å². The summed E-state index contributed by atoms with van der Waals surface area (Å²) < 4.78 is 6.64. The van der Waals surface area contributed by atoms with Crippen molar-refractivity contribution >= 4 is 28.7 Å². The highest BCUT2D eigenvalue weighted by atomic mass is 16.4. The highest BCUT2D eigenvalue weighted by molar-refractivity contribution is 6.01. The van der Waals surface area contributed by atoms with Crippen LogP contribution in [0.5, 0.6) is 0 Å². The van der Waals surface area contributed by atoms with Gasteiger partial charge in [-0.1, -0.05) is 0 Å². The Morgan fingerprint density at radius 2 is 2.12 bits per heavy atom. The van der Waals surface area contributed by atoms with Gasteiger partial charge in [0.2, 0.25) is 0 Å². The molecule has 9 heteroatoms. The zero-order valence-corrected chi connectivity index (χ0v) is 12.8. The summed E-state index contributed by atoms with van der Waals surface area (Å²) in [5, 5.41) is 26.1. The van der Waals surface area contributed by atoms with Crippen LogP contribution >= 0.6 is 0 Å². The van der Waals surface area contributed by atoms with E-state index in [-0.39, 0.29) is 23.7 Å². The zero-order valence-electron chi connectivity index (χ0n) is 12.8. The normalized spacial score (nSPS) is 12.2. The van der Waals surface area contributed by atoms with E-state index < -0.39 is 18.0 Å². The Bertz CT molecular complexity index is 987. The molecular weight excluding hydrogens is 328 g/mol. The molecule has 9 nitrogen and oxygen atoms in total. The number of nitrogens with two attached hydrogens (primary N) is 1. The first-order valence-electron chi connectivity index (χ1n) is 7.21. The van der Waals surface area contributed by atoms with Crippen molar-refractivity contribution < 1.29 is 24.2 Å². The number of nitrogens with one attached hydrogen (secondary N) is 1. The van der Waals surface area contributed by atoms with Gasteiger partial charge in [0.05, 0.1) is 5.69 Å². The van der Waals surface area contributed by atoms with Crippen LogP contribution in [0, 0.1) is 5.41 Å². The number of hydrogen-bond donors (Lipinski definition) is 4. The smallest absolute Gasteiger partial charge is 0.332 e. The number of imidazole rings is 1. The van der Waals surface area contributed by atoms with Gasteiger partial charge in [0.15, 0.2) is 11.9 Å². The van der Waals surface area contributed by atoms with Gasteiger partial charge in [0, 0.05) is 23.6 Å². The molecule has 0 spiro atoms. The number of rotatable bonds is 5. The van der Waals surface area contributed by atoms with Gasteiger partial charge >= 0.3 is 5.97 Å². The fraction of sp³-hybridized carbons (Fsp3) is 0.125. The third-order valence-electron chi connectivity index (χ3n) is 3.60. The number of aliphatic hydroxyl groups excluding tert-OH is 1. The minimum Gasteiger partial charge on any atom is -0.479 e. The molecule has 1 atom stereocenters. The molecular formula is C16H14N4O5. The maximum absolute atomic E-state index is 12.5. The van der Waals surface area contributed by atoms with E-state index >= 15 is 0 Å². The van der Waals surface area contributed by atoms with Gasteiger partial charge in [-0.3, -0.25) is 14.8 Å². The molecule has 3 aromatic rings. The SMILES string of the molecule is N=C(N)c1ccc2oc(C(=O)n3cnc(CC(O)C(=O)O)c3)cc2c1. The van der Waals surface area contributed by atoms with Crippen LogP contribution in [-0.2, 0) is 11.2 Å². The van der Waals surface area contributed by atoms with Crippen LogP contribution in [0.2, 0.25) is 0 Å². The number of carboxylic acids is 1. The highest BCUT2D eigenvalue weighted by Crippen LogP contribution is 2.21. The van der Waals surface area contributed by atoms with E-state index in [9.17, 15) is 14.7 Å². The van der Waals surface area contributed by atoms with Crippen molar-refractivity contribution in [2.75, 3.05) is 0 Å². The van der Waals surface area contributed by atoms with Crippen molar-refractivity contribution in [2.24, 2.45) is 5.73 Å². The van der Waals surface area contributed by atoms with Crippen molar-refractivity contribution in [3.8, 4) is 0 Å². The number of nitrogens with zero attached hydrogens (tertiary/aromatic N) is 2. The van der Waals surface area contributed by atoms with Crippen molar-refractivity contribution in [2.45, 2.75) is 12.5 Å². The fourth-order valence-corrected chi connectivity index (χ4v) is 2.31. The van der Waals surface area contributed by atoms with E-state index in [0.717, 1.165) is 4.57 Å². The van der Waals surface area contributed by atoms with Crippen LogP contribution in [0.15, 0.2) is 41.2 Å². The predicted octanol–water partition coefficient (Wildman–Crippen LogP) is 0.590. The van der Waals surface area contributed by atoms with Crippen LogP contribution in [0.3, 0.4) is 0 Å². The third kappa shape index (κ3) is 3.26. The largest absolute Gasteiger partial charge is 0.479 e. The molecule has 0 aliphatic heterocycles. The lowest BCUT2D eigenvalue weighted by Gasteiger charge is -2.01. The van der Waals surface area contributed by atoms with E-state index in [0.29, 0.717) is 16.5 Å². The second-order valence-corrected chi connectivity index (χ2v) is 5.41. The zero-order chi connectivity index (χ0) is 18.1. The first-order chi connectivity index (χ1) is 11.8. The van der Waals surface area contributed by atoms with Gasteiger partial charge < -0.3 is 20.4 Å². The number of nitrogen functional groups attached to an aromatic ring is 1. The number of carbonyl (C=O) groups excluding carboxylic acids is 1. The van der Waals surface area contributed by atoms with E-state index in [4.69, 9.17) is 20.7 Å². The predicted molar refractivity (Wildman–Crippen MR) is 86.5 cm³/mol. The Balaban J connectivity index is 1.85. The number of amidine groups is 1.